The second-order valence-corrected chi connectivity index (χ2v) is 7.30. The molecule has 3 aromatic carbocycles. The number of carbonyl (C=O) groups is 1. The summed E-state index contributed by atoms with van der Waals surface area (Å²) < 4.78 is 41.0. The van der Waals surface area contributed by atoms with Crippen molar-refractivity contribution in [3.63, 3.8) is 0 Å². The van der Waals surface area contributed by atoms with Crippen LogP contribution in [0.5, 0.6) is 5.75 Å². The van der Waals surface area contributed by atoms with Crippen LogP contribution in [0.3, 0.4) is 0 Å². The van der Waals surface area contributed by atoms with E-state index in [1.807, 2.05) is 31.1 Å². The number of amides is 1. The highest BCUT2D eigenvalue weighted by Crippen LogP contribution is 2.31. The van der Waals surface area contributed by atoms with E-state index in [0.29, 0.717) is 22.5 Å². The standard InChI is InChI=1S/C23H19F3N4O2/c1-30(2)17-8-3-15(4-9-17)22(31)27-16-7-12-20-19(13-16)21(29-28-20)14-5-10-18(11-6-14)32-23(24,25)26/h3-13H,1-2H3,(H,27,31)(H,28,29). The van der Waals surface area contributed by atoms with Gasteiger partial charge in [0.2, 0.25) is 0 Å². The lowest BCUT2D eigenvalue weighted by molar-refractivity contribution is -0.274. The maximum absolute atomic E-state index is 12.6. The summed E-state index contributed by atoms with van der Waals surface area (Å²) in [6.45, 7) is 0. The molecular formula is C23H19F3N4O2. The molecule has 0 atom stereocenters. The van der Waals surface area contributed by atoms with Crippen LogP contribution >= 0.6 is 0 Å². The number of fused-ring (bicyclic) bond motifs is 1. The minimum Gasteiger partial charge on any atom is -0.406 e. The molecule has 0 aliphatic carbocycles. The van der Waals surface area contributed by atoms with Gasteiger partial charge < -0.3 is 15.0 Å². The van der Waals surface area contributed by atoms with Crippen molar-refractivity contribution in [3.8, 4) is 17.0 Å². The number of aromatic nitrogens is 2. The van der Waals surface area contributed by atoms with E-state index in [-0.39, 0.29) is 11.7 Å². The van der Waals surface area contributed by atoms with Gasteiger partial charge in [-0.05, 0) is 66.7 Å². The third-order valence-electron chi connectivity index (χ3n) is 4.83. The van der Waals surface area contributed by atoms with E-state index in [1.54, 1.807) is 30.3 Å². The SMILES string of the molecule is CN(C)c1ccc(C(=O)Nc2ccc3[nH]nc(-c4ccc(OC(F)(F)F)cc4)c3c2)cc1. The summed E-state index contributed by atoms with van der Waals surface area (Å²) in [4.78, 5) is 14.6. The van der Waals surface area contributed by atoms with Crippen LogP contribution in [0.2, 0.25) is 0 Å². The van der Waals surface area contributed by atoms with Gasteiger partial charge >= 0.3 is 6.36 Å². The predicted molar refractivity (Wildman–Crippen MR) is 117 cm³/mol. The molecule has 0 radical (unpaired) electrons. The van der Waals surface area contributed by atoms with Crippen LogP contribution in [0.1, 0.15) is 10.4 Å². The summed E-state index contributed by atoms with van der Waals surface area (Å²) in [5.41, 5.74) is 3.95. The number of ether oxygens (including phenoxy) is 1. The molecule has 4 rings (SSSR count). The van der Waals surface area contributed by atoms with Gasteiger partial charge in [-0.25, -0.2) is 0 Å². The van der Waals surface area contributed by atoms with Crippen molar-refractivity contribution in [2.75, 3.05) is 24.3 Å². The number of H-pyrrole nitrogens is 1. The smallest absolute Gasteiger partial charge is 0.406 e. The monoisotopic (exact) mass is 440 g/mol. The highest BCUT2D eigenvalue weighted by molar-refractivity contribution is 6.06. The van der Waals surface area contributed by atoms with Gasteiger partial charge in [0.15, 0.2) is 0 Å². The summed E-state index contributed by atoms with van der Waals surface area (Å²) in [7, 11) is 3.84. The number of nitrogens with zero attached hydrogens (tertiary/aromatic N) is 2. The van der Waals surface area contributed by atoms with Crippen LogP contribution in [-0.2, 0) is 0 Å². The van der Waals surface area contributed by atoms with E-state index in [1.165, 1.54) is 24.3 Å². The molecule has 0 saturated heterocycles. The zero-order valence-corrected chi connectivity index (χ0v) is 17.2. The van der Waals surface area contributed by atoms with Crippen LogP contribution in [0, 0.1) is 0 Å². The zero-order chi connectivity index (χ0) is 22.9. The summed E-state index contributed by atoms with van der Waals surface area (Å²) in [5, 5.41) is 10.7. The highest BCUT2D eigenvalue weighted by Gasteiger charge is 2.31. The normalized spacial score (nSPS) is 11.4. The maximum atomic E-state index is 12.6. The second kappa shape index (κ2) is 8.26. The number of nitrogens with one attached hydrogen (secondary N) is 2. The summed E-state index contributed by atoms with van der Waals surface area (Å²) >= 11 is 0. The Kier molecular flexibility index (Phi) is 5.48. The summed E-state index contributed by atoms with van der Waals surface area (Å²) in [6, 6.07) is 17.9. The molecule has 9 heteroatoms. The third kappa shape index (κ3) is 4.66. The number of hydrogen-bond donors (Lipinski definition) is 2. The molecule has 0 saturated carbocycles. The minimum absolute atomic E-state index is 0.256. The first-order valence-electron chi connectivity index (χ1n) is 9.63. The van der Waals surface area contributed by atoms with E-state index < -0.39 is 6.36 Å². The Labute approximate surface area is 181 Å². The fraction of sp³-hybridized carbons (Fsp3) is 0.130. The zero-order valence-electron chi connectivity index (χ0n) is 17.2. The molecule has 32 heavy (non-hydrogen) atoms. The number of hydrogen-bond acceptors (Lipinski definition) is 4. The lowest BCUT2D eigenvalue weighted by Gasteiger charge is -2.12. The molecule has 0 aliphatic rings. The van der Waals surface area contributed by atoms with Gasteiger partial charge in [-0.3, -0.25) is 9.89 Å². The molecule has 0 unspecified atom stereocenters. The number of aromatic amines is 1. The number of carbonyl (C=O) groups excluding carboxylic acids is 1. The fourth-order valence-electron chi connectivity index (χ4n) is 3.24. The van der Waals surface area contributed by atoms with E-state index >= 15 is 0 Å². The highest BCUT2D eigenvalue weighted by atomic mass is 19.4. The molecule has 1 amide bonds. The number of benzene rings is 3. The van der Waals surface area contributed by atoms with Gasteiger partial charge in [0.25, 0.3) is 5.91 Å². The van der Waals surface area contributed by atoms with Crippen molar-refractivity contribution in [1.82, 2.24) is 10.2 Å². The van der Waals surface area contributed by atoms with Crippen molar-refractivity contribution >= 4 is 28.2 Å². The fourth-order valence-corrected chi connectivity index (χ4v) is 3.24. The second-order valence-electron chi connectivity index (χ2n) is 7.30. The lowest BCUT2D eigenvalue weighted by atomic mass is 10.1. The molecule has 1 aromatic heterocycles. The first-order chi connectivity index (χ1) is 15.2. The number of rotatable bonds is 5. The van der Waals surface area contributed by atoms with Crippen molar-refractivity contribution < 1.29 is 22.7 Å². The van der Waals surface area contributed by atoms with Crippen molar-refractivity contribution in [2.24, 2.45) is 0 Å². The van der Waals surface area contributed by atoms with E-state index in [9.17, 15) is 18.0 Å². The molecule has 0 fully saturated rings. The van der Waals surface area contributed by atoms with Crippen LogP contribution in [0.15, 0.2) is 66.7 Å². The van der Waals surface area contributed by atoms with Crippen molar-refractivity contribution in [2.45, 2.75) is 6.36 Å². The third-order valence-corrected chi connectivity index (χ3v) is 4.83. The summed E-state index contributed by atoms with van der Waals surface area (Å²) in [5.74, 6) is -0.567. The average Bonchev–Trinajstić information content (AvgIpc) is 3.16. The van der Waals surface area contributed by atoms with Crippen LogP contribution < -0.4 is 15.0 Å². The van der Waals surface area contributed by atoms with Crippen LogP contribution in [0.25, 0.3) is 22.2 Å². The van der Waals surface area contributed by atoms with Crippen LogP contribution in [-0.4, -0.2) is 36.6 Å². The number of alkyl halides is 3. The first kappa shape index (κ1) is 21.2. The van der Waals surface area contributed by atoms with Gasteiger partial charge in [0, 0.05) is 42.0 Å². The molecule has 164 valence electrons. The Balaban J connectivity index is 1.57. The van der Waals surface area contributed by atoms with Crippen LogP contribution in [0.4, 0.5) is 24.5 Å². The largest absolute Gasteiger partial charge is 0.573 e. The van der Waals surface area contributed by atoms with E-state index in [4.69, 9.17) is 0 Å². The Morgan fingerprint density at radius 3 is 2.31 bits per heavy atom. The van der Waals surface area contributed by atoms with Crippen molar-refractivity contribution in [1.29, 1.82) is 0 Å². The van der Waals surface area contributed by atoms with Gasteiger partial charge in [0.1, 0.15) is 5.75 Å². The molecule has 6 nitrogen and oxygen atoms in total. The maximum Gasteiger partial charge on any atom is 0.573 e. The quantitative estimate of drug-likeness (QED) is 0.433. The Bertz CT molecular complexity index is 1250. The molecule has 4 aromatic rings. The predicted octanol–water partition coefficient (Wildman–Crippen LogP) is 5.45. The molecular weight excluding hydrogens is 421 g/mol. The molecule has 0 spiro atoms. The minimum atomic E-state index is -4.75. The Hall–Kier alpha value is -4.01. The lowest BCUT2D eigenvalue weighted by Crippen LogP contribution is -2.16. The van der Waals surface area contributed by atoms with E-state index in [0.717, 1.165) is 16.6 Å². The first-order valence-corrected chi connectivity index (χ1v) is 9.63. The van der Waals surface area contributed by atoms with Gasteiger partial charge in [0.05, 0.1) is 11.2 Å². The van der Waals surface area contributed by atoms with Gasteiger partial charge in [-0.15, -0.1) is 13.2 Å². The Morgan fingerprint density at radius 1 is 1.00 bits per heavy atom. The number of halogens is 3. The van der Waals surface area contributed by atoms with E-state index in [2.05, 4.69) is 20.3 Å². The molecule has 2 N–H and O–H groups in total. The number of anilines is 2. The molecule has 0 aliphatic heterocycles. The van der Waals surface area contributed by atoms with Gasteiger partial charge in [-0.2, -0.15) is 5.10 Å². The summed E-state index contributed by atoms with van der Waals surface area (Å²) in [6.07, 6.45) is -4.75. The topological polar surface area (TPSA) is 70.2 Å². The Morgan fingerprint density at radius 2 is 1.69 bits per heavy atom. The average molecular weight is 440 g/mol. The molecule has 0 bridgehead atoms. The van der Waals surface area contributed by atoms with Crippen molar-refractivity contribution in [3.05, 3.63) is 72.3 Å². The van der Waals surface area contributed by atoms with Gasteiger partial charge in [-0.1, -0.05) is 0 Å². The molecule has 1 heterocycles.